The smallest absolute Gasteiger partial charge is 0.126 e. The lowest BCUT2D eigenvalue weighted by atomic mass is 10.0. The van der Waals surface area contributed by atoms with Crippen LogP contribution in [-0.4, -0.2) is 5.54 Å². The SMILES string of the molecule is C[C@H](NC(C)(C)C)c1cc(F)cc(F)c1. The van der Waals surface area contributed by atoms with Crippen molar-refractivity contribution >= 4 is 0 Å². The molecule has 0 amide bonds. The molecule has 0 heterocycles. The highest BCUT2D eigenvalue weighted by Gasteiger charge is 2.15. The van der Waals surface area contributed by atoms with Gasteiger partial charge in [-0.15, -0.1) is 0 Å². The summed E-state index contributed by atoms with van der Waals surface area (Å²) in [6.45, 7) is 7.93. The summed E-state index contributed by atoms with van der Waals surface area (Å²) < 4.78 is 25.9. The second-order valence-electron chi connectivity index (χ2n) is 4.82. The van der Waals surface area contributed by atoms with Gasteiger partial charge >= 0.3 is 0 Å². The van der Waals surface area contributed by atoms with Crippen molar-refractivity contribution in [2.75, 3.05) is 0 Å². The summed E-state index contributed by atoms with van der Waals surface area (Å²) >= 11 is 0. The number of benzene rings is 1. The molecule has 1 nitrogen and oxygen atoms in total. The molecular formula is C12H17F2N. The lowest BCUT2D eigenvalue weighted by Gasteiger charge is -2.26. The summed E-state index contributed by atoms with van der Waals surface area (Å²) in [5.41, 5.74) is 0.546. The number of rotatable bonds is 2. The highest BCUT2D eigenvalue weighted by molar-refractivity contribution is 5.21. The zero-order valence-corrected chi connectivity index (χ0v) is 9.57. The van der Waals surface area contributed by atoms with Crippen molar-refractivity contribution in [2.45, 2.75) is 39.3 Å². The van der Waals surface area contributed by atoms with Crippen LogP contribution in [0.4, 0.5) is 8.78 Å². The summed E-state index contributed by atoms with van der Waals surface area (Å²) in [4.78, 5) is 0. The van der Waals surface area contributed by atoms with E-state index in [1.54, 1.807) is 0 Å². The molecule has 0 unspecified atom stereocenters. The fraction of sp³-hybridized carbons (Fsp3) is 0.500. The summed E-state index contributed by atoms with van der Waals surface area (Å²) in [7, 11) is 0. The van der Waals surface area contributed by atoms with Crippen LogP contribution in [0.5, 0.6) is 0 Å². The number of halogens is 2. The van der Waals surface area contributed by atoms with Crippen molar-refractivity contribution in [1.82, 2.24) is 5.32 Å². The zero-order chi connectivity index (χ0) is 11.6. The van der Waals surface area contributed by atoms with Gasteiger partial charge in [-0.25, -0.2) is 8.78 Å². The lowest BCUT2D eigenvalue weighted by Crippen LogP contribution is -2.37. The molecule has 0 radical (unpaired) electrons. The Morgan fingerprint density at radius 3 is 1.93 bits per heavy atom. The van der Waals surface area contributed by atoms with Crippen LogP contribution in [0, 0.1) is 11.6 Å². The number of hydrogen-bond donors (Lipinski definition) is 1. The largest absolute Gasteiger partial charge is 0.306 e. The Bertz CT molecular complexity index is 322. The van der Waals surface area contributed by atoms with Gasteiger partial charge in [0.15, 0.2) is 0 Å². The molecule has 0 spiro atoms. The topological polar surface area (TPSA) is 12.0 Å². The molecule has 84 valence electrons. The Labute approximate surface area is 89.5 Å². The molecule has 0 aliphatic carbocycles. The molecule has 0 bridgehead atoms. The predicted molar refractivity (Wildman–Crippen MR) is 57.7 cm³/mol. The van der Waals surface area contributed by atoms with Crippen molar-refractivity contribution in [2.24, 2.45) is 0 Å². The van der Waals surface area contributed by atoms with E-state index in [9.17, 15) is 8.78 Å². The average molecular weight is 213 g/mol. The van der Waals surface area contributed by atoms with Gasteiger partial charge in [0.1, 0.15) is 11.6 Å². The maximum absolute atomic E-state index is 13.0. The third kappa shape index (κ3) is 3.96. The van der Waals surface area contributed by atoms with Crippen LogP contribution in [0.1, 0.15) is 39.3 Å². The van der Waals surface area contributed by atoms with E-state index in [0.717, 1.165) is 6.07 Å². The van der Waals surface area contributed by atoms with Crippen LogP contribution in [0.3, 0.4) is 0 Å². The highest BCUT2D eigenvalue weighted by Crippen LogP contribution is 2.18. The van der Waals surface area contributed by atoms with Gasteiger partial charge in [0.25, 0.3) is 0 Å². The van der Waals surface area contributed by atoms with Crippen molar-refractivity contribution < 1.29 is 8.78 Å². The number of nitrogens with one attached hydrogen (secondary N) is 1. The maximum atomic E-state index is 13.0. The summed E-state index contributed by atoms with van der Waals surface area (Å²) in [5.74, 6) is -1.07. The third-order valence-corrected chi connectivity index (χ3v) is 2.03. The standard InChI is InChI=1S/C12H17F2N/c1-8(15-12(2,3)4)9-5-10(13)7-11(14)6-9/h5-8,15H,1-4H3/t8-/m0/s1. The van der Waals surface area contributed by atoms with E-state index < -0.39 is 11.6 Å². The zero-order valence-electron chi connectivity index (χ0n) is 9.57. The molecule has 0 aromatic heterocycles. The lowest BCUT2D eigenvalue weighted by molar-refractivity contribution is 0.376. The van der Waals surface area contributed by atoms with Gasteiger partial charge in [-0.05, 0) is 45.4 Å². The molecule has 1 aromatic carbocycles. The quantitative estimate of drug-likeness (QED) is 0.793. The van der Waals surface area contributed by atoms with Gasteiger partial charge in [-0.3, -0.25) is 0 Å². The van der Waals surface area contributed by atoms with E-state index in [4.69, 9.17) is 0 Å². The molecule has 1 rings (SSSR count). The van der Waals surface area contributed by atoms with Crippen LogP contribution in [0.15, 0.2) is 18.2 Å². The molecule has 3 heteroatoms. The van der Waals surface area contributed by atoms with E-state index in [1.165, 1.54) is 12.1 Å². The van der Waals surface area contributed by atoms with Gasteiger partial charge in [-0.2, -0.15) is 0 Å². The van der Waals surface area contributed by atoms with Crippen LogP contribution in [0.25, 0.3) is 0 Å². The molecule has 1 N–H and O–H groups in total. The molecular weight excluding hydrogens is 196 g/mol. The fourth-order valence-electron chi connectivity index (χ4n) is 1.56. The van der Waals surface area contributed by atoms with Crippen LogP contribution >= 0.6 is 0 Å². The van der Waals surface area contributed by atoms with E-state index in [2.05, 4.69) is 5.32 Å². The normalized spacial score (nSPS) is 14.0. The molecule has 0 aliphatic rings. The van der Waals surface area contributed by atoms with Crippen LogP contribution in [0.2, 0.25) is 0 Å². The van der Waals surface area contributed by atoms with Gasteiger partial charge in [-0.1, -0.05) is 0 Å². The van der Waals surface area contributed by atoms with E-state index in [0.29, 0.717) is 5.56 Å². The Morgan fingerprint density at radius 2 is 1.53 bits per heavy atom. The second kappa shape index (κ2) is 4.27. The fourth-order valence-corrected chi connectivity index (χ4v) is 1.56. The highest BCUT2D eigenvalue weighted by atomic mass is 19.1. The maximum Gasteiger partial charge on any atom is 0.126 e. The Hall–Kier alpha value is -0.960. The molecule has 0 aliphatic heterocycles. The summed E-state index contributed by atoms with van der Waals surface area (Å²) in [6, 6.07) is 3.52. The molecule has 0 saturated heterocycles. The van der Waals surface area contributed by atoms with E-state index in [-0.39, 0.29) is 11.6 Å². The van der Waals surface area contributed by atoms with Crippen molar-refractivity contribution in [3.63, 3.8) is 0 Å². The molecule has 1 atom stereocenters. The first kappa shape index (κ1) is 12.1. The van der Waals surface area contributed by atoms with Crippen LogP contribution in [-0.2, 0) is 0 Å². The Kier molecular flexibility index (Phi) is 3.45. The first-order valence-electron chi connectivity index (χ1n) is 5.01. The van der Waals surface area contributed by atoms with Gasteiger partial charge in [0, 0.05) is 17.6 Å². The summed E-state index contributed by atoms with van der Waals surface area (Å²) in [5, 5.41) is 3.26. The predicted octanol–water partition coefficient (Wildman–Crippen LogP) is 3.41. The first-order valence-corrected chi connectivity index (χ1v) is 5.01. The van der Waals surface area contributed by atoms with Gasteiger partial charge < -0.3 is 5.32 Å². The minimum Gasteiger partial charge on any atom is -0.306 e. The van der Waals surface area contributed by atoms with Gasteiger partial charge in [0.05, 0.1) is 0 Å². The number of hydrogen-bond acceptors (Lipinski definition) is 1. The van der Waals surface area contributed by atoms with E-state index in [1.807, 2.05) is 27.7 Å². The second-order valence-corrected chi connectivity index (χ2v) is 4.82. The molecule has 0 fully saturated rings. The minimum atomic E-state index is -0.535. The van der Waals surface area contributed by atoms with Crippen LogP contribution < -0.4 is 5.32 Å². The van der Waals surface area contributed by atoms with Gasteiger partial charge in [0.2, 0.25) is 0 Å². The minimum absolute atomic E-state index is 0.0739. The van der Waals surface area contributed by atoms with Crippen molar-refractivity contribution in [3.8, 4) is 0 Å². The Morgan fingerprint density at radius 1 is 1.07 bits per heavy atom. The monoisotopic (exact) mass is 213 g/mol. The van der Waals surface area contributed by atoms with E-state index >= 15 is 0 Å². The summed E-state index contributed by atoms with van der Waals surface area (Å²) in [6.07, 6.45) is 0. The van der Waals surface area contributed by atoms with Crippen molar-refractivity contribution in [3.05, 3.63) is 35.4 Å². The average Bonchev–Trinajstić information content (AvgIpc) is 1.98. The molecule has 1 aromatic rings. The molecule has 0 saturated carbocycles. The first-order chi connectivity index (χ1) is 6.78. The third-order valence-electron chi connectivity index (χ3n) is 2.03. The Balaban J connectivity index is 2.86. The van der Waals surface area contributed by atoms with Crippen molar-refractivity contribution in [1.29, 1.82) is 0 Å². The molecule has 15 heavy (non-hydrogen) atoms.